The number of hydrogen-bond acceptors (Lipinski definition) is 4. The fraction of sp³-hybridized carbons (Fsp3) is 0.111. The number of nitrogens with one attached hydrogen (secondary N) is 1. The number of aryl methyl sites for hydroxylation is 1. The summed E-state index contributed by atoms with van der Waals surface area (Å²) in [5.74, 6) is -2.36. The summed E-state index contributed by atoms with van der Waals surface area (Å²) >= 11 is 0. The van der Waals surface area contributed by atoms with Crippen molar-refractivity contribution in [2.24, 2.45) is 13.0 Å². The van der Waals surface area contributed by atoms with E-state index in [4.69, 9.17) is 0 Å². The van der Waals surface area contributed by atoms with Gasteiger partial charge in [-0.3, -0.25) is 9.59 Å². The summed E-state index contributed by atoms with van der Waals surface area (Å²) < 4.78 is 1.69. The van der Waals surface area contributed by atoms with Crippen LogP contribution < -0.4 is 5.32 Å². The van der Waals surface area contributed by atoms with Crippen molar-refractivity contribution in [2.75, 3.05) is 5.32 Å². The zero-order valence-electron chi connectivity index (χ0n) is 12.9. The monoisotopic (exact) mass is 318 g/mol. The Hall–Kier alpha value is -3.46. The Morgan fingerprint density at radius 2 is 1.96 bits per heavy atom. The van der Waals surface area contributed by atoms with Crippen molar-refractivity contribution in [3.05, 3.63) is 60.4 Å². The second-order valence-electron chi connectivity index (χ2n) is 5.28. The van der Waals surface area contributed by atoms with Gasteiger partial charge in [0.05, 0.1) is 11.8 Å². The van der Waals surface area contributed by atoms with Gasteiger partial charge in [0.2, 0.25) is 5.78 Å². The Labute approximate surface area is 138 Å². The van der Waals surface area contributed by atoms with E-state index < -0.39 is 17.6 Å². The molecule has 0 fully saturated rings. The highest BCUT2D eigenvalue weighted by Crippen LogP contribution is 2.21. The first-order chi connectivity index (χ1) is 11.6. The first kappa shape index (κ1) is 15.4. The van der Waals surface area contributed by atoms with Crippen molar-refractivity contribution in [1.29, 1.82) is 5.26 Å². The van der Waals surface area contributed by atoms with Gasteiger partial charge >= 0.3 is 0 Å². The smallest absolute Gasteiger partial charge is 0.250 e. The molecule has 1 atom stereocenters. The number of nitrogens with zero attached hydrogens (tertiary/aromatic N) is 3. The molecular formula is C18H14N4O2. The van der Waals surface area contributed by atoms with Crippen LogP contribution in [0.15, 0.2) is 54.7 Å². The van der Waals surface area contributed by atoms with Crippen LogP contribution in [0.1, 0.15) is 10.5 Å². The summed E-state index contributed by atoms with van der Waals surface area (Å²) in [6.07, 6.45) is 1.52. The molecule has 0 saturated carbocycles. The van der Waals surface area contributed by atoms with Crippen LogP contribution in [0.3, 0.4) is 0 Å². The number of nitriles is 1. The number of carbonyl (C=O) groups excluding carboxylic acids is 2. The van der Waals surface area contributed by atoms with Crippen molar-refractivity contribution in [1.82, 2.24) is 9.55 Å². The summed E-state index contributed by atoms with van der Waals surface area (Å²) in [5, 5.41) is 12.7. The van der Waals surface area contributed by atoms with Gasteiger partial charge in [0.25, 0.3) is 5.91 Å². The minimum atomic E-state index is -1.44. The molecule has 0 bridgehead atoms. The lowest BCUT2D eigenvalue weighted by Gasteiger charge is -2.09. The summed E-state index contributed by atoms with van der Waals surface area (Å²) in [5.41, 5.74) is 1.18. The molecule has 0 spiro atoms. The molecule has 1 aromatic carbocycles. The molecule has 6 nitrogen and oxygen atoms in total. The average molecular weight is 318 g/mol. The Kier molecular flexibility index (Phi) is 4.08. The minimum Gasteiger partial charge on any atom is -0.341 e. The molecule has 0 aliphatic heterocycles. The van der Waals surface area contributed by atoms with Gasteiger partial charge in [0.15, 0.2) is 5.92 Å². The van der Waals surface area contributed by atoms with Crippen LogP contribution in [0.4, 0.5) is 5.82 Å². The zero-order valence-corrected chi connectivity index (χ0v) is 12.9. The molecule has 1 N–H and O–H groups in total. The first-order valence-corrected chi connectivity index (χ1v) is 7.32. The molecule has 2 aromatic heterocycles. The van der Waals surface area contributed by atoms with E-state index in [-0.39, 0.29) is 0 Å². The summed E-state index contributed by atoms with van der Waals surface area (Å²) in [4.78, 5) is 28.9. The van der Waals surface area contributed by atoms with Crippen LogP contribution in [0.2, 0.25) is 0 Å². The van der Waals surface area contributed by atoms with Gasteiger partial charge < -0.3 is 9.88 Å². The Balaban J connectivity index is 1.90. The van der Waals surface area contributed by atoms with Crippen molar-refractivity contribution >= 4 is 28.4 Å². The lowest BCUT2D eigenvalue weighted by molar-refractivity contribution is -0.117. The van der Waals surface area contributed by atoms with Gasteiger partial charge in [-0.05, 0) is 24.3 Å². The molecule has 2 heterocycles. The Morgan fingerprint density at radius 1 is 1.21 bits per heavy atom. The van der Waals surface area contributed by atoms with E-state index in [0.29, 0.717) is 11.5 Å². The number of hydrogen-bond donors (Lipinski definition) is 1. The topological polar surface area (TPSA) is 87.8 Å². The highest BCUT2D eigenvalue weighted by Gasteiger charge is 2.30. The fourth-order valence-corrected chi connectivity index (χ4v) is 2.54. The van der Waals surface area contributed by atoms with Crippen LogP contribution in [0, 0.1) is 17.2 Å². The number of pyridine rings is 1. The van der Waals surface area contributed by atoms with Crippen molar-refractivity contribution in [2.45, 2.75) is 0 Å². The SMILES string of the molecule is Cn1c(C(=O)[C@H](C#N)C(=O)Nc2ccccn2)cc2ccccc21. The van der Waals surface area contributed by atoms with Crippen molar-refractivity contribution in [3.63, 3.8) is 0 Å². The summed E-state index contributed by atoms with van der Waals surface area (Å²) in [7, 11) is 1.74. The minimum absolute atomic E-state index is 0.299. The van der Waals surface area contributed by atoms with Crippen LogP contribution in [0.25, 0.3) is 10.9 Å². The summed E-state index contributed by atoms with van der Waals surface area (Å²) in [6.45, 7) is 0. The van der Waals surface area contributed by atoms with E-state index in [1.807, 2.05) is 24.3 Å². The largest absolute Gasteiger partial charge is 0.341 e. The van der Waals surface area contributed by atoms with Crippen LogP contribution >= 0.6 is 0 Å². The van der Waals surface area contributed by atoms with Gasteiger partial charge in [-0.25, -0.2) is 4.98 Å². The van der Waals surface area contributed by atoms with Gasteiger partial charge in [-0.15, -0.1) is 0 Å². The second-order valence-corrected chi connectivity index (χ2v) is 5.28. The molecule has 6 heteroatoms. The third kappa shape index (κ3) is 2.75. The maximum atomic E-state index is 12.7. The second kappa shape index (κ2) is 6.34. The van der Waals surface area contributed by atoms with Crippen LogP contribution in [-0.4, -0.2) is 21.2 Å². The number of ketones is 1. The molecule has 0 radical (unpaired) electrons. The molecule has 118 valence electrons. The van der Waals surface area contributed by atoms with Crippen molar-refractivity contribution < 1.29 is 9.59 Å². The molecule has 0 aliphatic carbocycles. The lowest BCUT2D eigenvalue weighted by atomic mass is 10.0. The van der Waals surface area contributed by atoms with Crippen LogP contribution in [-0.2, 0) is 11.8 Å². The van der Waals surface area contributed by atoms with E-state index in [9.17, 15) is 14.9 Å². The highest BCUT2D eigenvalue weighted by molar-refractivity contribution is 6.16. The number of para-hydroxylation sites is 1. The zero-order chi connectivity index (χ0) is 17.1. The molecule has 3 aromatic rings. The number of aromatic nitrogens is 2. The van der Waals surface area contributed by atoms with Gasteiger partial charge in [0, 0.05) is 24.1 Å². The quantitative estimate of drug-likeness (QED) is 0.591. The third-order valence-electron chi connectivity index (χ3n) is 3.77. The Morgan fingerprint density at radius 3 is 2.62 bits per heavy atom. The van der Waals surface area contributed by atoms with E-state index >= 15 is 0 Å². The highest BCUT2D eigenvalue weighted by atomic mass is 16.2. The Bertz CT molecular complexity index is 954. The number of benzene rings is 1. The molecule has 24 heavy (non-hydrogen) atoms. The number of Topliss-reactive ketones (excluding diaryl/α,β-unsaturated/α-hetero) is 1. The first-order valence-electron chi connectivity index (χ1n) is 7.32. The maximum Gasteiger partial charge on any atom is 0.250 e. The summed E-state index contributed by atoms with van der Waals surface area (Å²) in [6, 6.07) is 16.0. The molecule has 1 amide bonds. The lowest BCUT2D eigenvalue weighted by Crippen LogP contribution is -2.30. The number of rotatable bonds is 4. The molecule has 0 saturated heterocycles. The van der Waals surface area contributed by atoms with E-state index in [0.717, 1.165) is 10.9 Å². The number of amides is 1. The normalized spacial score (nSPS) is 11.7. The van der Waals surface area contributed by atoms with E-state index in [1.165, 1.54) is 6.20 Å². The molecule has 3 rings (SSSR count). The fourth-order valence-electron chi connectivity index (χ4n) is 2.54. The predicted octanol–water partition coefficient (Wildman–Crippen LogP) is 2.53. The maximum absolute atomic E-state index is 12.7. The van der Waals surface area contributed by atoms with Crippen molar-refractivity contribution in [3.8, 4) is 6.07 Å². The van der Waals surface area contributed by atoms with Crippen LogP contribution in [0.5, 0.6) is 0 Å². The average Bonchev–Trinajstić information content (AvgIpc) is 2.93. The predicted molar refractivity (Wildman–Crippen MR) is 89.2 cm³/mol. The van der Waals surface area contributed by atoms with Gasteiger partial charge in [-0.2, -0.15) is 5.26 Å². The number of anilines is 1. The number of carbonyl (C=O) groups is 2. The molecular weight excluding hydrogens is 304 g/mol. The third-order valence-corrected chi connectivity index (χ3v) is 3.77. The van der Waals surface area contributed by atoms with Gasteiger partial charge in [-0.1, -0.05) is 24.3 Å². The van der Waals surface area contributed by atoms with Gasteiger partial charge in [0.1, 0.15) is 5.82 Å². The van der Waals surface area contributed by atoms with E-state index in [2.05, 4.69) is 10.3 Å². The van der Waals surface area contributed by atoms with E-state index in [1.54, 1.807) is 41.9 Å². The molecule has 0 unspecified atom stereocenters. The molecule has 0 aliphatic rings. The number of fused-ring (bicyclic) bond motifs is 1. The standard InChI is InChI=1S/C18H14N4O2/c1-22-14-7-3-2-6-12(14)10-15(22)17(23)13(11-19)18(24)21-16-8-4-5-9-20-16/h2-10,13H,1H3,(H,20,21,24)/t13-/m0/s1.